The summed E-state index contributed by atoms with van der Waals surface area (Å²) in [6, 6.07) is 21.0. The van der Waals surface area contributed by atoms with Gasteiger partial charge in [0.2, 0.25) is 5.90 Å². The molecule has 3 aromatic rings. The highest BCUT2D eigenvalue weighted by atomic mass is 79.9. The molecule has 0 aromatic heterocycles. The van der Waals surface area contributed by atoms with Crippen LogP contribution in [-0.2, 0) is 16.1 Å². The molecule has 0 atom stereocenters. The predicted molar refractivity (Wildman–Crippen MR) is 127 cm³/mol. The smallest absolute Gasteiger partial charge is 0.363 e. The van der Waals surface area contributed by atoms with Gasteiger partial charge in [-0.1, -0.05) is 52.3 Å². The molecule has 1 aliphatic rings. The Hall–Kier alpha value is -2.22. The molecule has 1 heterocycles. The molecule has 4 rings (SSSR count). The van der Waals surface area contributed by atoms with Gasteiger partial charge in [-0.05, 0) is 73.8 Å². The van der Waals surface area contributed by atoms with Gasteiger partial charge in [-0.25, -0.2) is 9.79 Å². The molecule has 0 saturated heterocycles. The quantitative estimate of drug-likeness (QED) is 0.240. The summed E-state index contributed by atoms with van der Waals surface area (Å²) in [6.45, 7) is 0.413. The van der Waals surface area contributed by atoms with E-state index in [1.54, 1.807) is 6.08 Å². The van der Waals surface area contributed by atoms with Gasteiger partial charge in [-0.2, -0.15) is 0 Å². The summed E-state index contributed by atoms with van der Waals surface area (Å²) in [5, 5.41) is 0. The van der Waals surface area contributed by atoms with Crippen LogP contribution in [0.2, 0.25) is 0 Å². The van der Waals surface area contributed by atoms with Crippen molar-refractivity contribution in [3.63, 3.8) is 0 Å². The highest BCUT2D eigenvalue weighted by molar-refractivity contribution is 9.11. The lowest BCUT2D eigenvalue weighted by Crippen LogP contribution is -2.04. The second kappa shape index (κ2) is 9.29. The number of cyclic esters (lactones) is 1. The molecule has 7 heteroatoms. The largest absolute Gasteiger partial charge is 0.486 e. The Morgan fingerprint density at radius 3 is 2.27 bits per heavy atom. The minimum Gasteiger partial charge on any atom is -0.486 e. The number of aliphatic imine (C=N–C) groups is 1. The van der Waals surface area contributed by atoms with Crippen LogP contribution in [0.3, 0.4) is 0 Å². The molecule has 0 fully saturated rings. The fraction of sp³-hybridized carbons (Fsp3) is 0.0435. The van der Waals surface area contributed by atoms with Crippen molar-refractivity contribution < 1.29 is 14.3 Å². The number of benzene rings is 3. The second-order valence-electron chi connectivity index (χ2n) is 6.40. The third-order valence-corrected chi connectivity index (χ3v) is 6.25. The van der Waals surface area contributed by atoms with E-state index in [0.29, 0.717) is 18.3 Å². The summed E-state index contributed by atoms with van der Waals surface area (Å²) in [4.78, 5) is 16.6. The van der Waals surface area contributed by atoms with Crippen molar-refractivity contribution in [1.82, 2.24) is 0 Å². The number of rotatable bonds is 5. The molecule has 0 bridgehead atoms. The summed E-state index contributed by atoms with van der Waals surface area (Å²) in [5.41, 5.74) is 2.83. The number of ether oxygens (including phenoxy) is 2. The lowest BCUT2D eigenvalue weighted by atomic mass is 10.2. The fourth-order valence-electron chi connectivity index (χ4n) is 2.84. The monoisotopic (exact) mass is 589 g/mol. The molecule has 3 aromatic carbocycles. The zero-order chi connectivity index (χ0) is 21.1. The van der Waals surface area contributed by atoms with Crippen molar-refractivity contribution in [3.8, 4) is 5.75 Å². The van der Waals surface area contributed by atoms with Crippen LogP contribution in [0.1, 0.15) is 16.7 Å². The van der Waals surface area contributed by atoms with Gasteiger partial charge in [-0.3, -0.25) is 0 Å². The zero-order valence-electron chi connectivity index (χ0n) is 15.4. The van der Waals surface area contributed by atoms with Gasteiger partial charge in [0.15, 0.2) is 5.70 Å². The summed E-state index contributed by atoms with van der Waals surface area (Å²) in [5.74, 6) is 0.504. The Balaban J connectivity index is 1.56. The summed E-state index contributed by atoms with van der Waals surface area (Å²) >= 11 is 10.6. The van der Waals surface area contributed by atoms with Gasteiger partial charge >= 0.3 is 5.97 Å². The standard InChI is InChI=1S/C23H14Br3NO3/c24-17-9-5-4-8-16(17)13-29-21-18(25)10-14(11-19(21)26)12-20-23(28)30-22(27-20)15-6-2-1-3-7-15/h1-12H,13H2/b20-12-. The Labute approximate surface area is 199 Å². The molecule has 30 heavy (non-hydrogen) atoms. The van der Waals surface area contributed by atoms with Crippen LogP contribution in [0, 0.1) is 0 Å². The number of esters is 1. The highest BCUT2D eigenvalue weighted by Gasteiger charge is 2.24. The first-order valence-electron chi connectivity index (χ1n) is 8.94. The maximum absolute atomic E-state index is 12.2. The minimum atomic E-state index is -0.477. The van der Waals surface area contributed by atoms with E-state index in [4.69, 9.17) is 9.47 Å². The lowest BCUT2D eigenvalue weighted by Gasteiger charge is -2.12. The number of hydrogen-bond acceptors (Lipinski definition) is 4. The van der Waals surface area contributed by atoms with E-state index >= 15 is 0 Å². The Kier molecular flexibility index (Phi) is 6.51. The average Bonchev–Trinajstić information content (AvgIpc) is 3.09. The van der Waals surface area contributed by atoms with Gasteiger partial charge in [0, 0.05) is 15.6 Å². The molecule has 0 unspecified atom stereocenters. The van der Waals surface area contributed by atoms with Gasteiger partial charge in [0.25, 0.3) is 0 Å². The van der Waals surface area contributed by atoms with Crippen molar-refractivity contribution in [2.75, 3.05) is 0 Å². The van der Waals surface area contributed by atoms with E-state index in [1.165, 1.54) is 0 Å². The van der Waals surface area contributed by atoms with Crippen molar-refractivity contribution >= 4 is 65.7 Å². The SMILES string of the molecule is O=C1OC(c2ccccc2)=N/C1=C\c1cc(Br)c(OCc2ccccc2Br)c(Br)c1. The molecule has 150 valence electrons. The molecule has 4 nitrogen and oxygen atoms in total. The molecule has 0 amide bonds. The van der Waals surface area contributed by atoms with E-state index < -0.39 is 5.97 Å². The first kappa shape index (κ1) is 21.0. The lowest BCUT2D eigenvalue weighted by molar-refractivity contribution is -0.129. The van der Waals surface area contributed by atoms with E-state index in [2.05, 4.69) is 52.8 Å². The molecule has 0 spiro atoms. The van der Waals surface area contributed by atoms with Crippen molar-refractivity contribution in [1.29, 1.82) is 0 Å². The average molecular weight is 592 g/mol. The number of carbonyl (C=O) groups excluding carboxylic acids is 1. The second-order valence-corrected chi connectivity index (χ2v) is 8.96. The van der Waals surface area contributed by atoms with Gasteiger partial charge < -0.3 is 9.47 Å². The van der Waals surface area contributed by atoms with E-state index in [-0.39, 0.29) is 5.70 Å². The summed E-state index contributed by atoms with van der Waals surface area (Å²) in [7, 11) is 0. The number of carbonyl (C=O) groups is 1. The van der Waals surface area contributed by atoms with Gasteiger partial charge in [0.1, 0.15) is 12.4 Å². The highest BCUT2D eigenvalue weighted by Crippen LogP contribution is 2.36. The summed E-state index contributed by atoms with van der Waals surface area (Å²) in [6.07, 6.45) is 1.69. The van der Waals surface area contributed by atoms with E-state index in [0.717, 1.165) is 30.1 Å². The third-order valence-electron chi connectivity index (χ3n) is 4.30. The molecule has 0 aliphatic carbocycles. The van der Waals surface area contributed by atoms with Crippen molar-refractivity contribution in [3.05, 3.63) is 103 Å². The normalized spacial score (nSPS) is 14.6. The molecule has 1 aliphatic heterocycles. The number of nitrogens with zero attached hydrogens (tertiary/aromatic N) is 1. The zero-order valence-corrected chi connectivity index (χ0v) is 20.2. The molecular weight excluding hydrogens is 578 g/mol. The maximum atomic E-state index is 12.2. The minimum absolute atomic E-state index is 0.245. The van der Waals surface area contributed by atoms with Crippen LogP contribution in [-0.4, -0.2) is 11.9 Å². The molecule has 0 radical (unpaired) electrons. The molecule has 0 saturated carbocycles. The van der Waals surface area contributed by atoms with Gasteiger partial charge in [0.05, 0.1) is 8.95 Å². The van der Waals surface area contributed by atoms with Crippen LogP contribution in [0.4, 0.5) is 0 Å². The Morgan fingerprint density at radius 2 is 1.57 bits per heavy atom. The van der Waals surface area contributed by atoms with Crippen molar-refractivity contribution in [2.24, 2.45) is 4.99 Å². The molecular formula is C23H14Br3NO3. The Morgan fingerprint density at radius 1 is 0.900 bits per heavy atom. The first-order chi connectivity index (χ1) is 14.5. The number of hydrogen-bond donors (Lipinski definition) is 0. The predicted octanol–water partition coefficient (Wildman–Crippen LogP) is 6.90. The maximum Gasteiger partial charge on any atom is 0.363 e. The number of halogens is 3. The van der Waals surface area contributed by atoms with Crippen LogP contribution < -0.4 is 4.74 Å². The first-order valence-corrected chi connectivity index (χ1v) is 11.3. The molecule has 0 N–H and O–H groups in total. The van der Waals surface area contributed by atoms with Crippen LogP contribution in [0.25, 0.3) is 6.08 Å². The van der Waals surface area contributed by atoms with Crippen LogP contribution in [0.5, 0.6) is 5.75 Å². The van der Waals surface area contributed by atoms with Gasteiger partial charge in [-0.15, -0.1) is 0 Å². The summed E-state index contributed by atoms with van der Waals surface area (Å²) < 4.78 is 13.8. The van der Waals surface area contributed by atoms with Crippen LogP contribution in [0.15, 0.2) is 90.8 Å². The van der Waals surface area contributed by atoms with Crippen molar-refractivity contribution in [2.45, 2.75) is 6.61 Å². The fourth-order valence-corrected chi connectivity index (χ4v) is 4.69. The van der Waals surface area contributed by atoms with Crippen LogP contribution >= 0.6 is 47.8 Å². The topological polar surface area (TPSA) is 47.9 Å². The van der Waals surface area contributed by atoms with E-state index in [1.807, 2.05) is 66.7 Å². The van der Waals surface area contributed by atoms with E-state index in [9.17, 15) is 4.79 Å². The Bertz CT molecular complexity index is 1150. The third kappa shape index (κ3) is 4.74.